The first kappa shape index (κ1) is 9.53. The topological polar surface area (TPSA) is 50.1 Å². The monoisotopic (exact) mass is 177 g/mol. The van der Waals surface area contributed by atoms with Crippen molar-refractivity contribution in [1.82, 2.24) is 0 Å². The first-order valence-corrected chi connectivity index (χ1v) is 4.22. The van der Waals surface area contributed by atoms with E-state index in [9.17, 15) is 4.79 Å². The number of nitriles is 1. The third-order valence-electron chi connectivity index (χ3n) is 1.77. The molecular formula is C10H11NO2. The van der Waals surface area contributed by atoms with E-state index in [0.717, 1.165) is 24.8 Å². The van der Waals surface area contributed by atoms with Crippen LogP contribution in [-0.4, -0.2) is 5.97 Å². The van der Waals surface area contributed by atoms with Crippen molar-refractivity contribution in [3.8, 4) is 6.07 Å². The molecule has 0 amide bonds. The van der Waals surface area contributed by atoms with E-state index in [1.165, 1.54) is 6.92 Å². The molecule has 0 saturated heterocycles. The molecule has 3 heteroatoms. The average molecular weight is 177 g/mol. The molecule has 0 heterocycles. The summed E-state index contributed by atoms with van der Waals surface area (Å²) in [6, 6.07) is 1.89. The summed E-state index contributed by atoms with van der Waals surface area (Å²) in [6.45, 7) is 1.30. The minimum atomic E-state index is -0.442. The molecular weight excluding hydrogens is 166 g/mol. The zero-order valence-corrected chi connectivity index (χ0v) is 7.54. The van der Waals surface area contributed by atoms with Gasteiger partial charge in [0.05, 0.1) is 0 Å². The van der Waals surface area contributed by atoms with Gasteiger partial charge in [-0.05, 0) is 19.3 Å². The molecule has 0 bridgehead atoms. The summed E-state index contributed by atoms with van der Waals surface area (Å²) in [6.07, 6.45) is 6.69. The van der Waals surface area contributed by atoms with Crippen LogP contribution in [0.15, 0.2) is 23.5 Å². The second kappa shape index (κ2) is 4.46. The van der Waals surface area contributed by atoms with Crippen LogP contribution in [-0.2, 0) is 9.53 Å². The zero-order chi connectivity index (χ0) is 9.68. The predicted octanol–water partition coefficient (Wildman–Crippen LogP) is 2.07. The molecule has 0 aromatic rings. The van der Waals surface area contributed by atoms with Crippen LogP contribution in [0.1, 0.15) is 26.2 Å². The van der Waals surface area contributed by atoms with Gasteiger partial charge >= 0.3 is 5.97 Å². The van der Waals surface area contributed by atoms with E-state index in [1.807, 2.05) is 18.2 Å². The number of carbonyl (C=O) groups is 1. The van der Waals surface area contributed by atoms with E-state index in [4.69, 9.17) is 10.00 Å². The molecule has 0 aromatic carbocycles. The Morgan fingerprint density at radius 2 is 2.46 bits per heavy atom. The van der Waals surface area contributed by atoms with Gasteiger partial charge in [-0.25, -0.2) is 0 Å². The zero-order valence-electron chi connectivity index (χ0n) is 7.54. The second-order valence-corrected chi connectivity index (χ2v) is 2.85. The number of rotatable bonds is 1. The summed E-state index contributed by atoms with van der Waals surface area (Å²) in [5.74, 6) is -0.300. The standard InChI is InChI=1S/C10H11NO2/c1-8(12)13-10(7-11)9-5-3-2-4-6-9/h3,5H,2,4,6H2,1H3/b10-9+. The fraction of sp³-hybridized carbons (Fsp3) is 0.400. The molecule has 1 rings (SSSR count). The third-order valence-corrected chi connectivity index (χ3v) is 1.77. The van der Waals surface area contributed by atoms with Crippen LogP contribution in [0.3, 0.4) is 0 Å². The summed E-state index contributed by atoms with van der Waals surface area (Å²) in [5, 5.41) is 8.71. The predicted molar refractivity (Wildman–Crippen MR) is 47.4 cm³/mol. The van der Waals surface area contributed by atoms with Gasteiger partial charge in [-0.1, -0.05) is 12.2 Å². The average Bonchev–Trinajstić information content (AvgIpc) is 2.15. The second-order valence-electron chi connectivity index (χ2n) is 2.85. The number of ether oxygens (including phenoxy) is 1. The Hall–Kier alpha value is -1.56. The molecule has 0 saturated carbocycles. The van der Waals surface area contributed by atoms with Crippen molar-refractivity contribution in [3.63, 3.8) is 0 Å². The molecule has 1 aliphatic rings. The summed E-state index contributed by atoms with van der Waals surface area (Å²) >= 11 is 0. The molecule has 3 nitrogen and oxygen atoms in total. The highest BCUT2D eigenvalue weighted by Crippen LogP contribution is 2.20. The molecule has 0 unspecified atom stereocenters. The van der Waals surface area contributed by atoms with Gasteiger partial charge in [-0.2, -0.15) is 5.26 Å². The van der Waals surface area contributed by atoms with Crippen LogP contribution in [0.4, 0.5) is 0 Å². The quantitative estimate of drug-likeness (QED) is 0.350. The Balaban J connectivity index is 2.84. The fourth-order valence-corrected chi connectivity index (χ4v) is 1.21. The van der Waals surface area contributed by atoms with Crippen LogP contribution >= 0.6 is 0 Å². The first-order valence-electron chi connectivity index (χ1n) is 4.22. The largest absolute Gasteiger partial charge is 0.415 e. The Labute approximate surface area is 77.3 Å². The van der Waals surface area contributed by atoms with E-state index in [2.05, 4.69) is 0 Å². The minimum Gasteiger partial charge on any atom is -0.415 e. The number of allylic oxidation sites excluding steroid dienone is 4. The van der Waals surface area contributed by atoms with Gasteiger partial charge in [0.25, 0.3) is 0 Å². The van der Waals surface area contributed by atoms with Crippen molar-refractivity contribution in [1.29, 1.82) is 5.26 Å². The number of carbonyl (C=O) groups excluding carboxylic acids is 1. The van der Waals surface area contributed by atoms with Gasteiger partial charge in [0.1, 0.15) is 6.07 Å². The maximum atomic E-state index is 10.6. The Morgan fingerprint density at radius 1 is 1.69 bits per heavy atom. The number of esters is 1. The highest BCUT2D eigenvalue weighted by Gasteiger charge is 2.09. The van der Waals surface area contributed by atoms with E-state index < -0.39 is 5.97 Å². The molecule has 0 aliphatic heterocycles. The van der Waals surface area contributed by atoms with Crippen LogP contribution in [0, 0.1) is 11.3 Å². The highest BCUT2D eigenvalue weighted by molar-refractivity contribution is 5.68. The molecule has 0 fully saturated rings. The van der Waals surface area contributed by atoms with E-state index in [-0.39, 0.29) is 5.76 Å². The van der Waals surface area contributed by atoms with Crippen molar-refractivity contribution in [2.75, 3.05) is 0 Å². The van der Waals surface area contributed by atoms with Gasteiger partial charge < -0.3 is 4.74 Å². The van der Waals surface area contributed by atoms with Gasteiger partial charge in [-0.3, -0.25) is 4.79 Å². The molecule has 68 valence electrons. The number of nitrogens with zero attached hydrogens (tertiary/aromatic N) is 1. The SMILES string of the molecule is CC(=O)O/C(C#N)=C1\C=CCCC1. The van der Waals surface area contributed by atoms with Crippen molar-refractivity contribution in [2.24, 2.45) is 0 Å². The van der Waals surface area contributed by atoms with Crippen molar-refractivity contribution in [3.05, 3.63) is 23.5 Å². The van der Waals surface area contributed by atoms with Gasteiger partial charge in [-0.15, -0.1) is 0 Å². The third kappa shape index (κ3) is 2.75. The van der Waals surface area contributed by atoms with Crippen molar-refractivity contribution < 1.29 is 9.53 Å². The Morgan fingerprint density at radius 3 is 2.92 bits per heavy atom. The van der Waals surface area contributed by atoms with E-state index in [0.29, 0.717) is 0 Å². The van der Waals surface area contributed by atoms with Gasteiger partial charge in [0.15, 0.2) is 0 Å². The molecule has 0 aromatic heterocycles. The smallest absolute Gasteiger partial charge is 0.308 e. The Kier molecular flexibility index (Phi) is 3.27. The lowest BCUT2D eigenvalue weighted by Gasteiger charge is -2.08. The van der Waals surface area contributed by atoms with E-state index >= 15 is 0 Å². The van der Waals surface area contributed by atoms with Crippen molar-refractivity contribution >= 4 is 5.97 Å². The lowest BCUT2D eigenvalue weighted by molar-refractivity contribution is -0.136. The summed E-state index contributed by atoms with van der Waals surface area (Å²) < 4.78 is 4.77. The van der Waals surface area contributed by atoms with E-state index in [1.54, 1.807) is 0 Å². The molecule has 0 atom stereocenters. The van der Waals surface area contributed by atoms with Crippen LogP contribution in [0.5, 0.6) is 0 Å². The normalized spacial score (nSPS) is 19.1. The summed E-state index contributed by atoms with van der Waals surface area (Å²) in [5.41, 5.74) is 0.823. The lowest BCUT2D eigenvalue weighted by Crippen LogP contribution is -2.01. The number of hydrogen-bond donors (Lipinski definition) is 0. The van der Waals surface area contributed by atoms with Crippen LogP contribution in [0.2, 0.25) is 0 Å². The molecule has 13 heavy (non-hydrogen) atoms. The molecule has 0 N–H and O–H groups in total. The summed E-state index contributed by atoms with van der Waals surface area (Å²) in [4.78, 5) is 10.6. The highest BCUT2D eigenvalue weighted by atomic mass is 16.5. The number of hydrogen-bond acceptors (Lipinski definition) is 3. The fourth-order valence-electron chi connectivity index (χ4n) is 1.21. The lowest BCUT2D eigenvalue weighted by atomic mass is 10.0. The minimum absolute atomic E-state index is 0.142. The van der Waals surface area contributed by atoms with Crippen LogP contribution in [0.25, 0.3) is 0 Å². The summed E-state index contributed by atoms with van der Waals surface area (Å²) in [7, 11) is 0. The van der Waals surface area contributed by atoms with Gasteiger partial charge in [0, 0.05) is 12.5 Å². The van der Waals surface area contributed by atoms with Crippen LogP contribution < -0.4 is 0 Å². The Bertz CT molecular complexity index is 307. The van der Waals surface area contributed by atoms with Crippen molar-refractivity contribution in [2.45, 2.75) is 26.2 Å². The molecule has 1 aliphatic carbocycles. The first-order chi connectivity index (χ1) is 6.24. The maximum absolute atomic E-state index is 10.6. The maximum Gasteiger partial charge on any atom is 0.308 e. The molecule has 0 radical (unpaired) electrons. The molecule has 0 spiro atoms. The van der Waals surface area contributed by atoms with Gasteiger partial charge in [0.2, 0.25) is 5.76 Å².